The minimum Gasteiger partial charge on any atom is -0.444 e. The second-order valence-electron chi connectivity index (χ2n) is 8.28. The van der Waals surface area contributed by atoms with Gasteiger partial charge in [0.15, 0.2) is 5.15 Å². The fourth-order valence-corrected chi connectivity index (χ4v) is 2.91. The van der Waals surface area contributed by atoms with E-state index in [-0.39, 0.29) is 11.1 Å². The van der Waals surface area contributed by atoms with Crippen molar-refractivity contribution >= 4 is 41.1 Å². The van der Waals surface area contributed by atoms with E-state index in [1.165, 1.54) is 0 Å². The maximum absolute atomic E-state index is 12.2. The predicted octanol–water partition coefficient (Wildman–Crippen LogP) is 5.21. The first kappa shape index (κ1) is 25.9. The first-order valence-electron chi connectivity index (χ1n) is 10.6. The molecule has 0 saturated carbocycles. The highest BCUT2D eigenvalue weighted by Gasteiger charge is 2.15. The van der Waals surface area contributed by atoms with Gasteiger partial charge < -0.3 is 21.1 Å². The van der Waals surface area contributed by atoms with Gasteiger partial charge in [0.25, 0.3) is 0 Å². The Bertz CT molecular complexity index is 1030. The summed E-state index contributed by atoms with van der Waals surface area (Å²) < 4.78 is 5.20. The molecule has 9 heteroatoms. The molecule has 0 spiro atoms. The maximum atomic E-state index is 12.2. The molecule has 0 fully saturated rings. The Hall–Kier alpha value is -3.39. The van der Waals surface area contributed by atoms with Crippen molar-refractivity contribution in [3.8, 4) is 11.3 Å². The van der Waals surface area contributed by atoms with Crippen LogP contribution in [0.1, 0.15) is 45.6 Å². The lowest BCUT2D eigenvalue weighted by Crippen LogP contribution is -2.32. The van der Waals surface area contributed by atoms with Gasteiger partial charge in [-0.1, -0.05) is 29.8 Å². The zero-order valence-electron chi connectivity index (χ0n) is 19.2. The van der Waals surface area contributed by atoms with Crippen LogP contribution >= 0.6 is 11.6 Å². The molecule has 0 aliphatic carbocycles. The molecule has 0 radical (unpaired) electrons. The predicted molar refractivity (Wildman–Crippen MR) is 133 cm³/mol. The van der Waals surface area contributed by atoms with Crippen molar-refractivity contribution in [3.63, 3.8) is 0 Å². The summed E-state index contributed by atoms with van der Waals surface area (Å²) >= 11 is 6.21. The van der Waals surface area contributed by atoms with Gasteiger partial charge >= 0.3 is 6.09 Å². The Kier molecular flexibility index (Phi) is 9.42. The van der Waals surface area contributed by atoms with Crippen molar-refractivity contribution < 1.29 is 14.3 Å². The smallest absolute Gasteiger partial charge is 0.407 e. The van der Waals surface area contributed by atoms with Gasteiger partial charge in [0.05, 0.1) is 11.4 Å². The average molecular weight is 472 g/mol. The molecule has 0 bridgehead atoms. The van der Waals surface area contributed by atoms with Crippen LogP contribution < -0.4 is 16.4 Å². The van der Waals surface area contributed by atoms with Gasteiger partial charge in [-0.05, 0) is 57.9 Å². The Morgan fingerprint density at radius 1 is 1.21 bits per heavy atom. The highest BCUT2D eigenvalue weighted by atomic mass is 35.5. The number of allylic oxidation sites excluding steroid dienone is 1. The molecule has 1 heterocycles. The van der Waals surface area contributed by atoms with E-state index in [1.54, 1.807) is 36.4 Å². The van der Waals surface area contributed by atoms with Crippen molar-refractivity contribution in [1.82, 2.24) is 15.5 Å². The Morgan fingerprint density at radius 2 is 1.97 bits per heavy atom. The third kappa shape index (κ3) is 8.94. The number of aromatic nitrogens is 2. The van der Waals surface area contributed by atoms with Crippen molar-refractivity contribution in [3.05, 3.63) is 53.7 Å². The van der Waals surface area contributed by atoms with E-state index in [2.05, 4.69) is 27.4 Å². The minimum absolute atomic E-state index is 0.152. The van der Waals surface area contributed by atoms with Crippen molar-refractivity contribution in [2.45, 2.75) is 45.6 Å². The van der Waals surface area contributed by atoms with Gasteiger partial charge in [-0.15, -0.1) is 16.8 Å². The van der Waals surface area contributed by atoms with E-state index >= 15 is 0 Å². The van der Waals surface area contributed by atoms with Crippen molar-refractivity contribution in [2.24, 2.45) is 0 Å². The number of hydrogen-bond acceptors (Lipinski definition) is 6. The normalized spacial score (nSPS) is 11.3. The van der Waals surface area contributed by atoms with Gasteiger partial charge in [-0.25, -0.2) is 4.79 Å². The molecule has 2 aromatic rings. The lowest BCUT2D eigenvalue weighted by molar-refractivity contribution is -0.116. The highest BCUT2D eigenvalue weighted by molar-refractivity contribution is 6.30. The van der Waals surface area contributed by atoms with E-state index < -0.39 is 11.7 Å². The van der Waals surface area contributed by atoms with Crippen LogP contribution in [0.5, 0.6) is 0 Å². The van der Waals surface area contributed by atoms with Crippen LogP contribution in [0.2, 0.25) is 5.15 Å². The zero-order valence-corrected chi connectivity index (χ0v) is 19.9. The number of alkyl carbamates (subject to hydrolysis) is 1. The zero-order chi connectivity index (χ0) is 24.4. The molecule has 0 saturated heterocycles. The molecule has 33 heavy (non-hydrogen) atoms. The standard InChI is InChI=1S/C24H30ClN5O3/c1-5-6-10-21(31)28-19-15-17(26)11-12-18(19)20-14-16(22(25)30-29-20)9-7-8-13-27-23(32)33-24(2,3)4/h5,7,9,11-12,14-15H,1,6,8,10,13,26H2,2-4H3,(H,27,32)(H,28,31). The van der Waals surface area contributed by atoms with E-state index in [9.17, 15) is 9.59 Å². The summed E-state index contributed by atoms with van der Waals surface area (Å²) in [5.74, 6) is -0.152. The molecule has 0 atom stereocenters. The van der Waals surface area contributed by atoms with Crippen molar-refractivity contribution in [2.75, 3.05) is 17.6 Å². The van der Waals surface area contributed by atoms with Gasteiger partial charge in [0.1, 0.15) is 5.60 Å². The Balaban J connectivity index is 2.12. The number of anilines is 2. The molecule has 1 aromatic carbocycles. The summed E-state index contributed by atoms with van der Waals surface area (Å²) in [5, 5.41) is 14.0. The molecule has 1 aromatic heterocycles. The first-order valence-corrected chi connectivity index (χ1v) is 10.9. The van der Waals surface area contributed by atoms with E-state index in [0.717, 1.165) is 0 Å². The van der Waals surface area contributed by atoms with Gasteiger partial charge in [0.2, 0.25) is 5.91 Å². The van der Waals surface area contributed by atoms with Crippen LogP contribution in [0.25, 0.3) is 17.3 Å². The number of nitrogen functional groups attached to an aromatic ring is 1. The Labute approximate surface area is 199 Å². The SMILES string of the molecule is C=CCCC(=O)Nc1cc(N)ccc1-c1cc(C=CCCNC(=O)OC(C)(C)C)c(Cl)nn1. The molecule has 2 amide bonds. The fourth-order valence-electron chi connectivity index (χ4n) is 2.76. The first-order chi connectivity index (χ1) is 15.6. The quantitative estimate of drug-likeness (QED) is 0.262. The third-order valence-electron chi connectivity index (χ3n) is 4.22. The summed E-state index contributed by atoms with van der Waals surface area (Å²) in [4.78, 5) is 23.9. The number of carbonyl (C=O) groups excluding carboxylic acids is 2. The second-order valence-corrected chi connectivity index (χ2v) is 8.63. The molecule has 0 aliphatic rings. The largest absolute Gasteiger partial charge is 0.444 e. The third-order valence-corrected chi connectivity index (χ3v) is 4.52. The number of ether oxygens (including phenoxy) is 1. The number of rotatable bonds is 9. The van der Waals surface area contributed by atoms with E-state index in [4.69, 9.17) is 22.1 Å². The highest BCUT2D eigenvalue weighted by Crippen LogP contribution is 2.30. The lowest BCUT2D eigenvalue weighted by atomic mass is 10.1. The molecule has 8 nitrogen and oxygen atoms in total. The molecular formula is C24H30ClN5O3. The Morgan fingerprint density at radius 3 is 2.67 bits per heavy atom. The summed E-state index contributed by atoms with van der Waals surface area (Å²) in [6, 6.07) is 6.95. The number of nitrogens with two attached hydrogens (primary N) is 1. The van der Waals surface area contributed by atoms with Crippen LogP contribution in [-0.4, -0.2) is 34.3 Å². The van der Waals surface area contributed by atoms with Crippen LogP contribution in [0, 0.1) is 0 Å². The summed E-state index contributed by atoms with van der Waals surface area (Å²) in [7, 11) is 0. The lowest BCUT2D eigenvalue weighted by Gasteiger charge is -2.19. The van der Waals surface area contributed by atoms with Crippen LogP contribution in [0.15, 0.2) is 43.0 Å². The average Bonchev–Trinajstić information content (AvgIpc) is 2.72. The molecule has 0 aliphatic heterocycles. The molecule has 176 valence electrons. The topological polar surface area (TPSA) is 119 Å². The van der Waals surface area contributed by atoms with Crippen molar-refractivity contribution in [1.29, 1.82) is 0 Å². The number of nitrogens with one attached hydrogen (secondary N) is 2. The fraction of sp³-hybridized carbons (Fsp3) is 0.333. The molecule has 4 N–H and O–H groups in total. The minimum atomic E-state index is -0.543. The molecular weight excluding hydrogens is 442 g/mol. The number of amides is 2. The van der Waals surface area contributed by atoms with Crippen LogP contribution in [-0.2, 0) is 9.53 Å². The maximum Gasteiger partial charge on any atom is 0.407 e. The van der Waals surface area contributed by atoms with E-state index in [1.807, 2.05) is 26.8 Å². The molecule has 0 unspecified atom stereocenters. The second kappa shape index (κ2) is 12.0. The molecule has 2 rings (SSSR count). The number of benzene rings is 1. The van der Waals surface area contributed by atoms with E-state index in [0.29, 0.717) is 54.0 Å². The number of halogens is 1. The number of carbonyl (C=O) groups is 2. The van der Waals surface area contributed by atoms with Crippen LogP contribution in [0.4, 0.5) is 16.2 Å². The van der Waals surface area contributed by atoms with Gasteiger partial charge in [-0.2, -0.15) is 0 Å². The number of nitrogens with zero attached hydrogens (tertiary/aromatic N) is 2. The monoisotopic (exact) mass is 471 g/mol. The summed E-state index contributed by atoms with van der Waals surface area (Å²) in [6.45, 7) is 9.46. The number of hydrogen-bond donors (Lipinski definition) is 3. The van der Waals surface area contributed by atoms with Gasteiger partial charge in [-0.3, -0.25) is 4.79 Å². The van der Waals surface area contributed by atoms with Gasteiger partial charge in [0, 0.05) is 29.8 Å². The van der Waals surface area contributed by atoms with Crippen LogP contribution in [0.3, 0.4) is 0 Å². The summed E-state index contributed by atoms with van der Waals surface area (Å²) in [6.07, 6.45) is 6.35. The summed E-state index contributed by atoms with van der Waals surface area (Å²) in [5.41, 5.74) is 8.27.